The lowest BCUT2D eigenvalue weighted by Gasteiger charge is -2.15. The molecule has 0 spiro atoms. The fourth-order valence-corrected chi connectivity index (χ4v) is 3.21. The van der Waals surface area contributed by atoms with Gasteiger partial charge in [0.15, 0.2) is 11.2 Å². The maximum atomic E-state index is 13.2. The van der Waals surface area contributed by atoms with E-state index in [2.05, 4.69) is 20.4 Å². The molecule has 0 aliphatic rings. The summed E-state index contributed by atoms with van der Waals surface area (Å²) in [4.78, 5) is 45.7. The number of nitrogens with zero attached hydrogens (tertiary/aromatic N) is 7. The van der Waals surface area contributed by atoms with Crippen LogP contribution in [-0.2, 0) is 31.6 Å². The summed E-state index contributed by atoms with van der Waals surface area (Å²) in [5.74, 6) is -0.883. The highest BCUT2D eigenvalue weighted by atomic mass is 19.4. The molecule has 4 aromatic rings. The molecule has 0 saturated carbocycles. The summed E-state index contributed by atoms with van der Waals surface area (Å²) in [7, 11) is 2.94. The van der Waals surface area contributed by atoms with Crippen molar-refractivity contribution in [1.82, 2.24) is 33.4 Å². The molecule has 4 rings (SSSR count). The molecule has 11 nitrogen and oxygen atoms in total. The van der Waals surface area contributed by atoms with Crippen LogP contribution in [0.2, 0.25) is 0 Å². The second-order valence-corrected chi connectivity index (χ2v) is 6.88. The Hall–Kier alpha value is -4.23. The number of anilines is 1. The Balaban J connectivity index is 1.73. The molecule has 0 saturated heterocycles. The molecule has 1 aromatic carbocycles. The molecule has 0 atom stereocenters. The van der Waals surface area contributed by atoms with E-state index in [1.165, 1.54) is 35.3 Å². The molecule has 166 valence electrons. The molecule has 3 aromatic heterocycles. The van der Waals surface area contributed by atoms with E-state index in [0.29, 0.717) is 4.57 Å². The molecule has 0 fully saturated rings. The van der Waals surface area contributed by atoms with E-state index < -0.39 is 35.4 Å². The molecular formula is C18H15F3N8O3. The fourth-order valence-electron chi connectivity index (χ4n) is 3.21. The van der Waals surface area contributed by atoms with Crippen molar-refractivity contribution in [3.63, 3.8) is 0 Å². The van der Waals surface area contributed by atoms with Crippen molar-refractivity contribution < 1.29 is 18.0 Å². The number of benzene rings is 1. The van der Waals surface area contributed by atoms with Crippen LogP contribution in [0.5, 0.6) is 0 Å². The molecular weight excluding hydrogens is 433 g/mol. The maximum absolute atomic E-state index is 13.2. The molecule has 0 unspecified atom stereocenters. The highest BCUT2D eigenvalue weighted by Gasteiger charge is 2.31. The maximum Gasteiger partial charge on any atom is 0.416 e. The number of rotatable bonds is 4. The molecule has 1 N–H and O–H groups in total. The zero-order chi connectivity index (χ0) is 23.2. The highest BCUT2D eigenvalue weighted by Crippen LogP contribution is 2.33. The summed E-state index contributed by atoms with van der Waals surface area (Å²) in [5.41, 5.74) is -2.41. The van der Waals surface area contributed by atoms with E-state index in [0.717, 1.165) is 22.8 Å². The van der Waals surface area contributed by atoms with Gasteiger partial charge in [-0.25, -0.2) is 24.0 Å². The van der Waals surface area contributed by atoms with E-state index in [4.69, 9.17) is 0 Å². The molecule has 1 amide bonds. The van der Waals surface area contributed by atoms with Crippen LogP contribution in [0, 0.1) is 0 Å². The van der Waals surface area contributed by atoms with Gasteiger partial charge in [-0.1, -0.05) is 0 Å². The first-order valence-corrected chi connectivity index (χ1v) is 9.05. The molecule has 14 heteroatoms. The van der Waals surface area contributed by atoms with Crippen LogP contribution in [0.25, 0.3) is 16.9 Å². The van der Waals surface area contributed by atoms with Crippen LogP contribution in [0.15, 0.2) is 46.8 Å². The summed E-state index contributed by atoms with van der Waals surface area (Å²) in [6, 6.07) is 2.70. The first kappa shape index (κ1) is 21.0. The van der Waals surface area contributed by atoms with Gasteiger partial charge in [0, 0.05) is 14.1 Å². The SMILES string of the molecule is Cn1cnc2c1c(=O)n(CC(=O)Nc1cc(C(F)(F)F)ccc1-n1cncn1)c(=O)n2C. The average molecular weight is 448 g/mol. The number of nitrogens with one attached hydrogen (secondary N) is 1. The Bertz CT molecular complexity index is 1450. The molecule has 0 aliphatic carbocycles. The van der Waals surface area contributed by atoms with E-state index in [1.54, 1.807) is 7.05 Å². The van der Waals surface area contributed by atoms with Crippen LogP contribution in [0.1, 0.15) is 5.56 Å². The Morgan fingerprint density at radius 1 is 1.16 bits per heavy atom. The van der Waals surface area contributed by atoms with Gasteiger partial charge >= 0.3 is 11.9 Å². The number of hydrogen-bond donors (Lipinski definition) is 1. The first-order chi connectivity index (χ1) is 15.1. The first-order valence-electron chi connectivity index (χ1n) is 9.05. The largest absolute Gasteiger partial charge is 0.416 e. The van der Waals surface area contributed by atoms with Gasteiger partial charge < -0.3 is 9.88 Å². The molecule has 0 aliphatic heterocycles. The number of alkyl halides is 3. The van der Waals surface area contributed by atoms with Gasteiger partial charge in [-0.05, 0) is 18.2 Å². The lowest BCUT2D eigenvalue weighted by Crippen LogP contribution is -2.42. The number of hydrogen-bond acceptors (Lipinski definition) is 6. The Kier molecular flexibility index (Phi) is 4.91. The van der Waals surface area contributed by atoms with Gasteiger partial charge in [0.2, 0.25) is 5.91 Å². The second-order valence-electron chi connectivity index (χ2n) is 6.88. The van der Waals surface area contributed by atoms with Crippen molar-refractivity contribution in [2.45, 2.75) is 12.7 Å². The van der Waals surface area contributed by atoms with Crippen molar-refractivity contribution in [3.05, 3.63) is 63.6 Å². The number of amides is 1. The predicted octanol–water partition coefficient (Wildman–Crippen LogP) is 0.672. The molecule has 3 heterocycles. The third-order valence-corrected chi connectivity index (χ3v) is 4.77. The lowest BCUT2D eigenvalue weighted by atomic mass is 10.1. The summed E-state index contributed by atoms with van der Waals surface area (Å²) >= 11 is 0. The molecule has 0 radical (unpaired) electrons. The summed E-state index contributed by atoms with van der Waals surface area (Å²) in [6.45, 7) is -0.723. The van der Waals surface area contributed by atoms with Crippen LogP contribution < -0.4 is 16.6 Å². The van der Waals surface area contributed by atoms with Gasteiger partial charge in [-0.3, -0.25) is 14.2 Å². The van der Waals surface area contributed by atoms with Crippen molar-refractivity contribution in [2.24, 2.45) is 14.1 Å². The van der Waals surface area contributed by atoms with Crippen molar-refractivity contribution in [3.8, 4) is 5.69 Å². The van der Waals surface area contributed by atoms with Crippen molar-refractivity contribution in [2.75, 3.05) is 5.32 Å². The minimum absolute atomic E-state index is 0.0993. The van der Waals surface area contributed by atoms with Gasteiger partial charge in [0.1, 0.15) is 19.2 Å². The molecule has 0 bridgehead atoms. The summed E-state index contributed by atoms with van der Waals surface area (Å²) in [5, 5.41) is 6.20. The van der Waals surface area contributed by atoms with Crippen LogP contribution in [-0.4, -0.2) is 39.4 Å². The fraction of sp³-hybridized carbons (Fsp3) is 0.222. The topological polar surface area (TPSA) is 122 Å². The Morgan fingerprint density at radius 2 is 1.91 bits per heavy atom. The highest BCUT2D eigenvalue weighted by molar-refractivity contribution is 5.93. The zero-order valence-corrected chi connectivity index (χ0v) is 16.7. The smallest absolute Gasteiger partial charge is 0.328 e. The Labute approximate surface area is 176 Å². The Morgan fingerprint density at radius 3 is 2.56 bits per heavy atom. The van der Waals surface area contributed by atoms with E-state index in [1.807, 2.05) is 0 Å². The van der Waals surface area contributed by atoms with Crippen molar-refractivity contribution in [1.29, 1.82) is 0 Å². The van der Waals surface area contributed by atoms with Crippen LogP contribution >= 0.6 is 0 Å². The number of carbonyl (C=O) groups is 1. The predicted molar refractivity (Wildman–Crippen MR) is 105 cm³/mol. The van der Waals surface area contributed by atoms with E-state index in [-0.39, 0.29) is 22.5 Å². The normalized spacial score (nSPS) is 11.8. The third-order valence-electron chi connectivity index (χ3n) is 4.77. The number of fused-ring (bicyclic) bond motifs is 1. The standard InChI is InChI=1S/C18H15F3N8O3/c1-26-9-23-15-14(26)16(31)28(17(32)27(15)2)6-13(30)25-11-5-10(18(19,20)21)3-4-12(11)29-8-22-7-24-29/h3-5,7-9H,6H2,1-2H3,(H,25,30). The van der Waals surface area contributed by atoms with Gasteiger partial charge in [0.25, 0.3) is 5.56 Å². The molecule has 32 heavy (non-hydrogen) atoms. The van der Waals surface area contributed by atoms with Gasteiger partial charge in [-0.15, -0.1) is 0 Å². The van der Waals surface area contributed by atoms with Gasteiger partial charge in [-0.2, -0.15) is 18.3 Å². The number of aromatic nitrogens is 7. The van der Waals surface area contributed by atoms with Crippen molar-refractivity contribution >= 4 is 22.8 Å². The number of aryl methyl sites for hydroxylation is 2. The van der Waals surface area contributed by atoms with Gasteiger partial charge in [0.05, 0.1) is 23.3 Å². The average Bonchev–Trinajstić information content (AvgIpc) is 3.39. The third kappa shape index (κ3) is 3.55. The van der Waals surface area contributed by atoms with E-state index >= 15 is 0 Å². The summed E-state index contributed by atoms with van der Waals surface area (Å²) in [6.07, 6.45) is -0.884. The second kappa shape index (κ2) is 7.47. The quantitative estimate of drug-likeness (QED) is 0.490. The minimum atomic E-state index is -4.65. The lowest BCUT2D eigenvalue weighted by molar-refractivity contribution is -0.137. The monoisotopic (exact) mass is 448 g/mol. The summed E-state index contributed by atoms with van der Waals surface area (Å²) < 4.78 is 43.9. The van der Waals surface area contributed by atoms with Crippen LogP contribution in [0.4, 0.5) is 18.9 Å². The van der Waals surface area contributed by atoms with Crippen LogP contribution in [0.3, 0.4) is 0 Å². The number of imidazole rings is 1. The number of halogens is 3. The minimum Gasteiger partial charge on any atom is -0.328 e. The van der Waals surface area contributed by atoms with E-state index in [9.17, 15) is 27.6 Å². The zero-order valence-electron chi connectivity index (χ0n) is 16.7. The number of carbonyl (C=O) groups excluding carboxylic acids is 1.